The number of amides is 2. The summed E-state index contributed by atoms with van der Waals surface area (Å²) < 4.78 is 6.16. The lowest BCUT2D eigenvalue weighted by Gasteiger charge is -2.19. The van der Waals surface area contributed by atoms with Crippen LogP contribution in [0.4, 0.5) is 5.13 Å². The summed E-state index contributed by atoms with van der Waals surface area (Å²) in [6.45, 7) is 0. The Bertz CT molecular complexity index is 1190. The smallest absolute Gasteiger partial charge is 0.251 e. The number of benzene rings is 3. The predicted octanol–water partition coefficient (Wildman–Crippen LogP) is 4.80. The number of carbonyl (C=O) groups is 2. The van der Waals surface area contributed by atoms with Gasteiger partial charge in [0.25, 0.3) is 5.91 Å². The number of ether oxygens (including phenoxy) is 1. The van der Waals surface area contributed by atoms with Crippen molar-refractivity contribution in [2.75, 3.05) is 12.4 Å². The lowest BCUT2D eigenvalue weighted by Crippen LogP contribution is -2.31. The van der Waals surface area contributed by atoms with Gasteiger partial charge in [-0.3, -0.25) is 9.59 Å². The molecular weight excluding hydrogens is 410 g/mol. The predicted molar refractivity (Wildman–Crippen MR) is 123 cm³/mol. The number of rotatable bonds is 7. The molecule has 31 heavy (non-hydrogen) atoms. The van der Waals surface area contributed by atoms with E-state index in [2.05, 4.69) is 15.6 Å². The summed E-state index contributed by atoms with van der Waals surface area (Å²) in [5, 5.41) is 6.34. The first-order valence-corrected chi connectivity index (χ1v) is 10.6. The molecule has 2 N–H and O–H groups in total. The SMILES string of the molecule is COc1ccc2nc(NC(=O)CC(NC(=O)c3ccccc3)c3ccccc3)sc2c1. The van der Waals surface area contributed by atoms with Crippen LogP contribution in [0.25, 0.3) is 10.2 Å². The number of nitrogens with one attached hydrogen (secondary N) is 2. The zero-order chi connectivity index (χ0) is 21.6. The summed E-state index contributed by atoms with van der Waals surface area (Å²) in [6, 6.07) is 23.5. The van der Waals surface area contributed by atoms with E-state index in [0.29, 0.717) is 10.7 Å². The summed E-state index contributed by atoms with van der Waals surface area (Å²) in [6.07, 6.45) is 0.0852. The van der Waals surface area contributed by atoms with Gasteiger partial charge in [0.15, 0.2) is 5.13 Å². The minimum absolute atomic E-state index is 0.0852. The van der Waals surface area contributed by atoms with Gasteiger partial charge in [-0.2, -0.15) is 0 Å². The van der Waals surface area contributed by atoms with Gasteiger partial charge in [0, 0.05) is 5.56 Å². The fourth-order valence-corrected chi connectivity index (χ4v) is 4.12. The molecule has 1 aromatic heterocycles. The minimum Gasteiger partial charge on any atom is -0.497 e. The first kappa shape index (κ1) is 20.6. The first-order chi connectivity index (χ1) is 15.1. The molecule has 0 aliphatic rings. The normalized spacial score (nSPS) is 11.6. The lowest BCUT2D eigenvalue weighted by atomic mass is 10.0. The number of fused-ring (bicyclic) bond motifs is 1. The molecule has 0 saturated carbocycles. The summed E-state index contributed by atoms with van der Waals surface area (Å²) >= 11 is 1.38. The van der Waals surface area contributed by atoms with Gasteiger partial charge in [-0.25, -0.2) is 4.98 Å². The zero-order valence-corrected chi connectivity index (χ0v) is 17.7. The van der Waals surface area contributed by atoms with Gasteiger partial charge in [-0.15, -0.1) is 0 Å². The number of thiazole rings is 1. The van der Waals surface area contributed by atoms with Crippen molar-refractivity contribution < 1.29 is 14.3 Å². The molecule has 4 rings (SSSR count). The van der Waals surface area contributed by atoms with Crippen molar-refractivity contribution in [2.45, 2.75) is 12.5 Å². The van der Waals surface area contributed by atoms with Gasteiger partial charge >= 0.3 is 0 Å². The Morgan fingerprint density at radius 1 is 1.00 bits per heavy atom. The molecule has 0 radical (unpaired) electrons. The van der Waals surface area contributed by atoms with Crippen LogP contribution in [0, 0.1) is 0 Å². The summed E-state index contributed by atoms with van der Waals surface area (Å²) in [7, 11) is 1.61. The van der Waals surface area contributed by atoms with Gasteiger partial charge in [-0.1, -0.05) is 59.9 Å². The Kier molecular flexibility index (Phi) is 6.24. The van der Waals surface area contributed by atoms with Crippen LogP contribution >= 0.6 is 11.3 Å². The summed E-state index contributed by atoms with van der Waals surface area (Å²) in [4.78, 5) is 29.9. The molecular formula is C24H21N3O3S. The molecule has 2 amide bonds. The average molecular weight is 432 g/mol. The zero-order valence-electron chi connectivity index (χ0n) is 16.9. The van der Waals surface area contributed by atoms with E-state index in [1.165, 1.54) is 11.3 Å². The molecule has 1 unspecified atom stereocenters. The third-order valence-electron chi connectivity index (χ3n) is 4.77. The summed E-state index contributed by atoms with van der Waals surface area (Å²) in [5.41, 5.74) is 2.19. The molecule has 6 nitrogen and oxygen atoms in total. The van der Waals surface area contributed by atoms with Crippen molar-refractivity contribution in [2.24, 2.45) is 0 Å². The molecule has 4 aromatic rings. The van der Waals surface area contributed by atoms with Crippen LogP contribution in [0.5, 0.6) is 5.75 Å². The molecule has 0 saturated heterocycles. The number of anilines is 1. The maximum atomic E-state index is 12.8. The van der Waals surface area contributed by atoms with E-state index in [4.69, 9.17) is 4.74 Å². The van der Waals surface area contributed by atoms with Gasteiger partial charge < -0.3 is 15.4 Å². The van der Waals surface area contributed by atoms with Crippen molar-refractivity contribution >= 4 is 38.5 Å². The highest BCUT2D eigenvalue weighted by molar-refractivity contribution is 7.22. The van der Waals surface area contributed by atoms with Crippen molar-refractivity contribution in [3.8, 4) is 5.75 Å². The molecule has 1 atom stereocenters. The van der Waals surface area contributed by atoms with Crippen molar-refractivity contribution in [3.63, 3.8) is 0 Å². The Morgan fingerprint density at radius 3 is 2.42 bits per heavy atom. The maximum Gasteiger partial charge on any atom is 0.251 e. The highest BCUT2D eigenvalue weighted by Gasteiger charge is 2.20. The van der Waals surface area contributed by atoms with Crippen LogP contribution in [0.1, 0.15) is 28.4 Å². The van der Waals surface area contributed by atoms with E-state index >= 15 is 0 Å². The number of methoxy groups -OCH3 is 1. The van der Waals surface area contributed by atoms with E-state index < -0.39 is 6.04 Å². The van der Waals surface area contributed by atoms with Gasteiger partial charge in [-0.05, 0) is 35.9 Å². The second-order valence-corrected chi connectivity index (χ2v) is 7.94. The number of carbonyl (C=O) groups excluding carboxylic acids is 2. The average Bonchev–Trinajstić information content (AvgIpc) is 3.20. The number of nitrogens with zero attached hydrogens (tertiary/aromatic N) is 1. The third-order valence-corrected chi connectivity index (χ3v) is 5.71. The van der Waals surface area contributed by atoms with E-state index in [9.17, 15) is 9.59 Å². The van der Waals surface area contributed by atoms with Crippen molar-refractivity contribution in [1.29, 1.82) is 0 Å². The molecule has 0 spiro atoms. The summed E-state index contributed by atoms with van der Waals surface area (Å²) in [5.74, 6) is 0.282. The number of hydrogen-bond acceptors (Lipinski definition) is 5. The van der Waals surface area contributed by atoms with Crippen molar-refractivity contribution in [1.82, 2.24) is 10.3 Å². The van der Waals surface area contributed by atoms with Gasteiger partial charge in [0.05, 0.1) is 29.8 Å². The third kappa shape index (κ3) is 5.07. The van der Waals surface area contributed by atoms with E-state index in [1.807, 2.05) is 54.6 Å². The molecule has 156 valence electrons. The highest BCUT2D eigenvalue weighted by atomic mass is 32.1. The first-order valence-electron chi connectivity index (χ1n) is 9.77. The molecule has 0 aliphatic heterocycles. The quantitative estimate of drug-likeness (QED) is 0.440. The molecule has 0 bridgehead atoms. The Hall–Kier alpha value is -3.71. The Morgan fingerprint density at radius 2 is 1.71 bits per heavy atom. The Labute approximate surface area is 183 Å². The number of aromatic nitrogens is 1. The van der Waals surface area contributed by atoms with Gasteiger partial charge in [0.2, 0.25) is 5.91 Å². The van der Waals surface area contributed by atoms with Crippen LogP contribution in [0.15, 0.2) is 78.9 Å². The number of hydrogen-bond donors (Lipinski definition) is 2. The minimum atomic E-state index is -0.469. The standard InChI is InChI=1S/C24H21N3O3S/c1-30-18-12-13-19-21(14-18)31-24(26-19)27-22(28)15-20(16-8-4-2-5-9-16)25-23(29)17-10-6-3-7-11-17/h2-14,20H,15H2,1H3,(H,25,29)(H,26,27,28). The van der Waals surface area contributed by atoms with Crippen molar-refractivity contribution in [3.05, 3.63) is 90.0 Å². The largest absolute Gasteiger partial charge is 0.497 e. The van der Waals surface area contributed by atoms with Crippen LogP contribution in [-0.4, -0.2) is 23.9 Å². The second-order valence-electron chi connectivity index (χ2n) is 6.91. The topological polar surface area (TPSA) is 80.3 Å². The molecule has 0 aliphatic carbocycles. The second kappa shape index (κ2) is 9.40. The maximum absolute atomic E-state index is 12.8. The fourth-order valence-electron chi connectivity index (χ4n) is 3.21. The Balaban J connectivity index is 1.49. The van der Waals surface area contributed by atoms with Crippen LogP contribution in [0.2, 0.25) is 0 Å². The molecule has 3 aromatic carbocycles. The van der Waals surface area contributed by atoms with E-state index in [-0.39, 0.29) is 18.2 Å². The van der Waals surface area contributed by atoms with E-state index in [1.54, 1.807) is 31.4 Å². The highest BCUT2D eigenvalue weighted by Crippen LogP contribution is 2.29. The van der Waals surface area contributed by atoms with E-state index in [0.717, 1.165) is 21.5 Å². The lowest BCUT2D eigenvalue weighted by molar-refractivity contribution is -0.116. The van der Waals surface area contributed by atoms with Gasteiger partial charge in [0.1, 0.15) is 5.75 Å². The fraction of sp³-hybridized carbons (Fsp3) is 0.125. The van der Waals surface area contributed by atoms with Crippen LogP contribution < -0.4 is 15.4 Å². The van der Waals surface area contributed by atoms with Crippen LogP contribution in [0.3, 0.4) is 0 Å². The molecule has 7 heteroatoms. The molecule has 1 heterocycles. The monoisotopic (exact) mass is 431 g/mol. The van der Waals surface area contributed by atoms with Crippen LogP contribution in [-0.2, 0) is 4.79 Å². The molecule has 0 fully saturated rings.